The Kier molecular flexibility index (Phi) is 2.91. The minimum absolute atomic E-state index is 0.0108. The average Bonchev–Trinajstić information content (AvgIpc) is 2.94. The van der Waals surface area contributed by atoms with Gasteiger partial charge in [-0.25, -0.2) is 8.42 Å². The molecule has 104 valence electrons. The van der Waals surface area contributed by atoms with Crippen molar-refractivity contribution >= 4 is 38.0 Å². The zero-order valence-electron chi connectivity index (χ0n) is 10.4. The maximum atomic E-state index is 12.2. The lowest BCUT2D eigenvalue weighted by atomic mass is 10.2. The van der Waals surface area contributed by atoms with E-state index >= 15 is 0 Å². The molecule has 20 heavy (non-hydrogen) atoms. The van der Waals surface area contributed by atoms with E-state index < -0.39 is 10.0 Å². The minimum Gasteiger partial charge on any atom is -0.361 e. The lowest BCUT2D eigenvalue weighted by molar-refractivity contribution is 0.602. The highest BCUT2D eigenvalue weighted by molar-refractivity contribution is 7.94. The summed E-state index contributed by atoms with van der Waals surface area (Å²) in [5.74, 6) is 0. The van der Waals surface area contributed by atoms with E-state index in [1.807, 2.05) is 6.07 Å². The average molecular weight is 309 g/mol. The second-order valence-corrected chi connectivity index (χ2v) is 7.17. The molecule has 0 saturated carbocycles. The molecule has 3 N–H and O–H groups in total. The first-order valence-corrected chi connectivity index (χ1v) is 8.05. The lowest BCUT2D eigenvalue weighted by Crippen LogP contribution is -2.12. The molecule has 0 atom stereocenters. The maximum Gasteiger partial charge on any atom is 0.306 e. The van der Waals surface area contributed by atoms with Crippen molar-refractivity contribution in [1.82, 2.24) is 9.97 Å². The number of hydrogen-bond acceptors (Lipinski definition) is 4. The topological polar surface area (TPSA) is 94.8 Å². The minimum atomic E-state index is -3.75. The molecule has 0 spiro atoms. The second-order valence-electron chi connectivity index (χ2n) is 4.31. The van der Waals surface area contributed by atoms with Gasteiger partial charge in [0.15, 0.2) is 4.21 Å². The van der Waals surface area contributed by atoms with Gasteiger partial charge in [0.1, 0.15) is 0 Å². The predicted molar refractivity (Wildman–Crippen MR) is 78.8 cm³/mol. The summed E-state index contributed by atoms with van der Waals surface area (Å²) < 4.78 is 27.0. The molecule has 0 unspecified atom stereocenters. The van der Waals surface area contributed by atoms with E-state index in [0.29, 0.717) is 22.7 Å². The Bertz CT molecular complexity index is 934. The fourth-order valence-electron chi connectivity index (χ4n) is 1.97. The Labute approximate surface area is 118 Å². The molecule has 0 aliphatic heterocycles. The number of sulfonamides is 1. The van der Waals surface area contributed by atoms with Crippen molar-refractivity contribution in [1.29, 1.82) is 0 Å². The molecule has 0 radical (unpaired) electrons. The first-order chi connectivity index (χ1) is 9.45. The van der Waals surface area contributed by atoms with Gasteiger partial charge in [0.25, 0.3) is 10.0 Å². The van der Waals surface area contributed by atoms with E-state index in [0.717, 1.165) is 10.9 Å². The van der Waals surface area contributed by atoms with Crippen LogP contribution in [0.3, 0.4) is 0 Å². The summed E-state index contributed by atoms with van der Waals surface area (Å²) in [6.07, 6.45) is 1.78. The van der Waals surface area contributed by atoms with Crippen molar-refractivity contribution in [3.05, 3.63) is 45.8 Å². The summed E-state index contributed by atoms with van der Waals surface area (Å²) in [6.45, 7) is 1.56. The molecular weight excluding hydrogens is 298 g/mol. The van der Waals surface area contributed by atoms with Gasteiger partial charge in [0.2, 0.25) is 0 Å². The van der Waals surface area contributed by atoms with Gasteiger partial charge >= 0.3 is 4.87 Å². The number of hydrogen-bond donors (Lipinski definition) is 3. The molecule has 0 amide bonds. The lowest BCUT2D eigenvalue weighted by Gasteiger charge is -2.06. The molecule has 8 heteroatoms. The van der Waals surface area contributed by atoms with E-state index in [4.69, 9.17) is 0 Å². The zero-order chi connectivity index (χ0) is 14.3. The highest BCUT2D eigenvalue weighted by Gasteiger charge is 2.20. The Balaban J connectivity index is 2.00. The van der Waals surface area contributed by atoms with Gasteiger partial charge in [-0.3, -0.25) is 9.52 Å². The summed E-state index contributed by atoms with van der Waals surface area (Å²) in [7, 11) is -3.75. The van der Waals surface area contributed by atoms with Crippen molar-refractivity contribution in [3.63, 3.8) is 0 Å². The summed E-state index contributed by atoms with van der Waals surface area (Å²) >= 11 is 0.678. The summed E-state index contributed by atoms with van der Waals surface area (Å²) in [5.41, 5.74) is 1.73. The van der Waals surface area contributed by atoms with Gasteiger partial charge in [-0.2, -0.15) is 0 Å². The van der Waals surface area contributed by atoms with E-state index in [1.54, 1.807) is 31.3 Å². The van der Waals surface area contributed by atoms with Crippen LogP contribution in [0, 0.1) is 6.92 Å². The molecule has 0 aliphatic rings. The Morgan fingerprint density at radius 3 is 2.75 bits per heavy atom. The number of aryl methyl sites for hydroxylation is 1. The van der Waals surface area contributed by atoms with Gasteiger partial charge in [-0.1, -0.05) is 11.3 Å². The van der Waals surface area contributed by atoms with Crippen molar-refractivity contribution in [2.24, 2.45) is 0 Å². The van der Waals surface area contributed by atoms with E-state index in [1.165, 1.54) is 0 Å². The largest absolute Gasteiger partial charge is 0.361 e. The molecule has 1 aromatic carbocycles. The van der Waals surface area contributed by atoms with Crippen LogP contribution in [0.25, 0.3) is 10.9 Å². The van der Waals surface area contributed by atoms with Crippen molar-refractivity contribution in [2.45, 2.75) is 11.1 Å². The molecule has 2 aromatic heterocycles. The third-order valence-corrected chi connectivity index (χ3v) is 5.82. The van der Waals surface area contributed by atoms with Gasteiger partial charge in [-0.05, 0) is 31.2 Å². The van der Waals surface area contributed by atoms with Crippen LogP contribution in [-0.4, -0.2) is 18.4 Å². The SMILES string of the molecule is Cc1[nH]c(=O)sc1S(=O)(=O)Nc1ccc2[nH]ccc2c1. The smallest absolute Gasteiger partial charge is 0.306 e. The molecule has 6 nitrogen and oxygen atoms in total. The Morgan fingerprint density at radius 2 is 2.05 bits per heavy atom. The molecule has 2 heterocycles. The van der Waals surface area contributed by atoms with Crippen LogP contribution in [0.5, 0.6) is 0 Å². The molecular formula is C12H11N3O3S2. The van der Waals surface area contributed by atoms with E-state index in [-0.39, 0.29) is 9.08 Å². The number of aromatic nitrogens is 2. The molecule has 0 bridgehead atoms. The zero-order valence-corrected chi connectivity index (χ0v) is 12.1. The van der Waals surface area contributed by atoms with Crippen LogP contribution >= 0.6 is 11.3 Å². The molecule has 3 aromatic rings. The van der Waals surface area contributed by atoms with Crippen molar-refractivity contribution in [2.75, 3.05) is 4.72 Å². The van der Waals surface area contributed by atoms with E-state index in [9.17, 15) is 13.2 Å². The number of H-pyrrole nitrogens is 2. The van der Waals surface area contributed by atoms with Crippen molar-refractivity contribution < 1.29 is 8.42 Å². The van der Waals surface area contributed by atoms with Crippen LogP contribution < -0.4 is 9.60 Å². The molecule has 3 rings (SSSR count). The van der Waals surface area contributed by atoms with Gasteiger partial charge < -0.3 is 9.97 Å². The fourth-order valence-corrected chi connectivity index (χ4v) is 4.32. The Morgan fingerprint density at radius 1 is 1.25 bits per heavy atom. The quantitative estimate of drug-likeness (QED) is 0.691. The summed E-state index contributed by atoms with van der Waals surface area (Å²) in [5, 5.41) is 0.907. The van der Waals surface area contributed by atoms with Gasteiger partial charge in [0, 0.05) is 28.5 Å². The van der Waals surface area contributed by atoms with Crippen LogP contribution in [-0.2, 0) is 10.0 Å². The first-order valence-electron chi connectivity index (χ1n) is 5.75. The highest BCUT2D eigenvalue weighted by Crippen LogP contribution is 2.23. The maximum absolute atomic E-state index is 12.2. The van der Waals surface area contributed by atoms with Crippen LogP contribution in [0.1, 0.15) is 5.69 Å². The number of rotatable bonds is 3. The molecule has 0 aliphatic carbocycles. The van der Waals surface area contributed by atoms with Gasteiger partial charge in [0.05, 0.1) is 0 Å². The normalized spacial score (nSPS) is 11.8. The second kappa shape index (κ2) is 4.50. The standard InChI is InChI=1S/C12H11N3O3S2/c1-7-11(19-12(16)14-7)20(17,18)15-9-2-3-10-8(6-9)4-5-13-10/h2-6,13,15H,1H3,(H,14,16). The van der Waals surface area contributed by atoms with Crippen LogP contribution in [0.4, 0.5) is 5.69 Å². The highest BCUT2D eigenvalue weighted by atomic mass is 32.2. The van der Waals surface area contributed by atoms with E-state index in [2.05, 4.69) is 14.7 Å². The summed E-state index contributed by atoms with van der Waals surface area (Å²) in [4.78, 5) is 16.3. The van der Waals surface area contributed by atoms with Gasteiger partial charge in [-0.15, -0.1) is 0 Å². The number of nitrogens with one attached hydrogen (secondary N) is 3. The fraction of sp³-hybridized carbons (Fsp3) is 0.0833. The number of aromatic amines is 2. The van der Waals surface area contributed by atoms with Crippen LogP contribution in [0.2, 0.25) is 0 Å². The first kappa shape index (κ1) is 12.9. The monoisotopic (exact) mass is 309 g/mol. The van der Waals surface area contributed by atoms with Crippen molar-refractivity contribution in [3.8, 4) is 0 Å². The summed E-state index contributed by atoms with van der Waals surface area (Å²) in [6, 6.07) is 7.04. The number of fused-ring (bicyclic) bond motifs is 1. The third kappa shape index (κ3) is 2.23. The molecule has 0 fully saturated rings. The number of thiazole rings is 1. The predicted octanol–water partition coefficient (Wildman–Crippen LogP) is 2.03. The van der Waals surface area contributed by atoms with Crippen LogP contribution in [0.15, 0.2) is 39.5 Å². The third-order valence-electron chi connectivity index (χ3n) is 2.83. The molecule has 0 saturated heterocycles. The Hall–Kier alpha value is -2.06. The number of anilines is 1. The number of benzene rings is 1.